The fraction of sp³-hybridized carbons (Fsp3) is 0.429. The molecule has 2 rings (SSSR count). The van der Waals surface area contributed by atoms with E-state index in [4.69, 9.17) is 11.6 Å². The number of carbonyl (C=O) groups is 1. The van der Waals surface area contributed by atoms with Crippen molar-refractivity contribution in [1.82, 2.24) is 20.2 Å². The van der Waals surface area contributed by atoms with Crippen molar-refractivity contribution in [3.63, 3.8) is 0 Å². The lowest BCUT2D eigenvalue weighted by Crippen LogP contribution is -2.11. The highest BCUT2D eigenvalue weighted by Gasteiger charge is 2.17. The van der Waals surface area contributed by atoms with Crippen molar-refractivity contribution in [3.05, 3.63) is 22.7 Å². The summed E-state index contributed by atoms with van der Waals surface area (Å²) >= 11 is 6.20. The number of halogens is 1. The maximum atomic E-state index is 11.6. The van der Waals surface area contributed by atoms with Gasteiger partial charge in [-0.2, -0.15) is 4.68 Å². The van der Waals surface area contributed by atoms with Gasteiger partial charge in [0.1, 0.15) is 0 Å². The predicted octanol–water partition coefficient (Wildman–Crippen LogP) is 3.17. The third kappa shape index (κ3) is 3.39. The summed E-state index contributed by atoms with van der Waals surface area (Å²) in [5, 5.41) is 15.3. The van der Waals surface area contributed by atoms with E-state index in [1.807, 2.05) is 19.1 Å². The molecule has 7 heteroatoms. The third-order valence-corrected chi connectivity index (χ3v) is 3.56. The predicted molar refractivity (Wildman–Crippen MR) is 82.7 cm³/mol. The van der Waals surface area contributed by atoms with Crippen LogP contribution in [0.4, 0.5) is 5.69 Å². The van der Waals surface area contributed by atoms with Crippen LogP contribution in [-0.2, 0) is 0 Å². The molecular weight excluding hydrogens is 290 g/mol. The van der Waals surface area contributed by atoms with Crippen LogP contribution >= 0.6 is 11.6 Å². The molecule has 2 aromatic rings. The first kappa shape index (κ1) is 15.4. The van der Waals surface area contributed by atoms with Gasteiger partial charge in [0, 0.05) is 29.7 Å². The SMILES string of the molecule is CCCCNc1cc(Cl)c(C)cc1-c1nnnn1C(C)=O. The van der Waals surface area contributed by atoms with Crippen molar-refractivity contribution in [1.29, 1.82) is 0 Å². The van der Waals surface area contributed by atoms with Crippen molar-refractivity contribution in [2.45, 2.75) is 33.6 Å². The third-order valence-electron chi connectivity index (χ3n) is 3.15. The Labute approximate surface area is 128 Å². The summed E-state index contributed by atoms with van der Waals surface area (Å²) in [4.78, 5) is 11.6. The van der Waals surface area contributed by atoms with Gasteiger partial charge in [0.15, 0.2) is 5.82 Å². The number of carbonyl (C=O) groups excluding carboxylic acids is 1. The molecule has 0 radical (unpaired) electrons. The molecule has 0 aliphatic carbocycles. The largest absolute Gasteiger partial charge is 0.384 e. The molecule has 1 aromatic heterocycles. The summed E-state index contributed by atoms with van der Waals surface area (Å²) in [5.74, 6) is 0.184. The molecule has 1 heterocycles. The molecule has 1 aromatic carbocycles. The Morgan fingerprint density at radius 2 is 2.19 bits per heavy atom. The second kappa shape index (κ2) is 6.67. The summed E-state index contributed by atoms with van der Waals surface area (Å²) in [6.45, 7) is 6.28. The van der Waals surface area contributed by atoms with Crippen LogP contribution in [0.5, 0.6) is 0 Å². The lowest BCUT2D eigenvalue weighted by Gasteiger charge is -2.13. The molecule has 0 aliphatic rings. The summed E-state index contributed by atoms with van der Waals surface area (Å²) in [6, 6.07) is 3.74. The van der Waals surface area contributed by atoms with E-state index < -0.39 is 0 Å². The number of nitrogens with one attached hydrogen (secondary N) is 1. The summed E-state index contributed by atoms with van der Waals surface area (Å²) in [7, 11) is 0. The molecule has 0 atom stereocenters. The van der Waals surface area contributed by atoms with E-state index in [1.54, 1.807) is 0 Å². The van der Waals surface area contributed by atoms with E-state index in [9.17, 15) is 4.79 Å². The van der Waals surface area contributed by atoms with E-state index in [0.29, 0.717) is 10.8 Å². The minimum absolute atomic E-state index is 0.234. The first-order chi connectivity index (χ1) is 10.0. The fourth-order valence-electron chi connectivity index (χ4n) is 1.98. The first-order valence-corrected chi connectivity index (χ1v) is 7.26. The number of rotatable bonds is 5. The normalized spacial score (nSPS) is 10.7. The minimum Gasteiger partial charge on any atom is -0.384 e. The van der Waals surface area contributed by atoms with Gasteiger partial charge in [-0.05, 0) is 41.5 Å². The second-order valence-corrected chi connectivity index (χ2v) is 5.27. The molecular formula is C14H18ClN5O. The first-order valence-electron chi connectivity index (χ1n) is 6.88. The standard InChI is InChI=1S/C14H18ClN5O/c1-4-5-6-16-13-8-12(15)9(2)7-11(13)14-17-18-19-20(14)10(3)21/h7-8,16H,4-6H2,1-3H3. The Balaban J connectivity index is 2.47. The van der Waals surface area contributed by atoms with Gasteiger partial charge < -0.3 is 5.32 Å². The van der Waals surface area contributed by atoms with Gasteiger partial charge in [-0.3, -0.25) is 4.79 Å². The van der Waals surface area contributed by atoms with Crippen molar-refractivity contribution >= 4 is 23.2 Å². The topological polar surface area (TPSA) is 72.7 Å². The average Bonchev–Trinajstić information content (AvgIpc) is 2.92. The molecule has 0 amide bonds. The lowest BCUT2D eigenvalue weighted by molar-refractivity contribution is 0.0921. The number of benzene rings is 1. The van der Waals surface area contributed by atoms with Gasteiger partial charge in [0.2, 0.25) is 5.91 Å². The smallest absolute Gasteiger partial charge is 0.247 e. The molecule has 0 saturated carbocycles. The van der Waals surface area contributed by atoms with Crippen molar-refractivity contribution in [2.24, 2.45) is 0 Å². The Morgan fingerprint density at radius 3 is 2.86 bits per heavy atom. The average molecular weight is 308 g/mol. The number of unbranched alkanes of at least 4 members (excludes halogenated alkanes) is 1. The van der Waals surface area contributed by atoms with Crippen LogP contribution in [0.25, 0.3) is 11.4 Å². The molecule has 0 bridgehead atoms. The molecule has 0 aliphatic heterocycles. The van der Waals surface area contributed by atoms with Gasteiger partial charge in [-0.15, -0.1) is 5.10 Å². The Bertz CT molecular complexity index is 653. The minimum atomic E-state index is -0.234. The number of tetrazole rings is 1. The van der Waals surface area contributed by atoms with Crippen LogP contribution in [0, 0.1) is 6.92 Å². The molecule has 0 saturated heterocycles. The quantitative estimate of drug-likeness (QED) is 0.678. The zero-order valence-electron chi connectivity index (χ0n) is 12.4. The van der Waals surface area contributed by atoms with Crippen LogP contribution in [-0.4, -0.2) is 32.7 Å². The van der Waals surface area contributed by atoms with Gasteiger partial charge >= 0.3 is 0 Å². The maximum Gasteiger partial charge on any atom is 0.247 e. The zero-order valence-corrected chi connectivity index (χ0v) is 13.1. The van der Waals surface area contributed by atoms with Crippen molar-refractivity contribution in [3.8, 4) is 11.4 Å². The molecule has 0 fully saturated rings. The van der Waals surface area contributed by atoms with Gasteiger partial charge in [0.05, 0.1) is 0 Å². The molecule has 112 valence electrons. The summed E-state index contributed by atoms with van der Waals surface area (Å²) in [5.41, 5.74) is 2.51. The monoisotopic (exact) mass is 307 g/mol. The second-order valence-electron chi connectivity index (χ2n) is 4.86. The number of anilines is 1. The molecule has 21 heavy (non-hydrogen) atoms. The Hall–Kier alpha value is -1.95. The maximum absolute atomic E-state index is 11.6. The van der Waals surface area contributed by atoms with E-state index in [2.05, 4.69) is 27.8 Å². The van der Waals surface area contributed by atoms with Crippen LogP contribution in [0.15, 0.2) is 12.1 Å². The highest BCUT2D eigenvalue weighted by molar-refractivity contribution is 6.31. The van der Waals surface area contributed by atoms with Crippen LogP contribution in [0.2, 0.25) is 5.02 Å². The number of hydrogen-bond donors (Lipinski definition) is 1. The van der Waals surface area contributed by atoms with E-state index in [-0.39, 0.29) is 5.91 Å². The van der Waals surface area contributed by atoms with E-state index >= 15 is 0 Å². The van der Waals surface area contributed by atoms with Crippen LogP contribution < -0.4 is 5.32 Å². The van der Waals surface area contributed by atoms with Crippen LogP contribution in [0.1, 0.15) is 37.0 Å². The molecule has 0 spiro atoms. The Morgan fingerprint density at radius 1 is 1.43 bits per heavy atom. The van der Waals surface area contributed by atoms with Gasteiger partial charge in [-0.25, -0.2) is 0 Å². The number of hydrogen-bond acceptors (Lipinski definition) is 5. The zero-order chi connectivity index (χ0) is 15.4. The highest BCUT2D eigenvalue weighted by atomic mass is 35.5. The van der Waals surface area contributed by atoms with Crippen LogP contribution in [0.3, 0.4) is 0 Å². The molecule has 1 N–H and O–H groups in total. The van der Waals surface area contributed by atoms with Crippen molar-refractivity contribution in [2.75, 3.05) is 11.9 Å². The van der Waals surface area contributed by atoms with Gasteiger partial charge in [0.25, 0.3) is 0 Å². The highest BCUT2D eigenvalue weighted by Crippen LogP contribution is 2.31. The molecule has 6 nitrogen and oxygen atoms in total. The number of nitrogens with zero attached hydrogens (tertiary/aromatic N) is 4. The fourth-order valence-corrected chi connectivity index (χ4v) is 2.14. The summed E-state index contributed by atoms with van der Waals surface area (Å²) < 4.78 is 1.19. The summed E-state index contributed by atoms with van der Waals surface area (Å²) in [6.07, 6.45) is 2.13. The van der Waals surface area contributed by atoms with Crippen molar-refractivity contribution < 1.29 is 4.79 Å². The molecule has 0 unspecified atom stereocenters. The number of aromatic nitrogens is 4. The number of aryl methyl sites for hydroxylation is 1. The van der Waals surface area contributed by atoms with E-state index in [0.717, 1.165) is 36.2 Å². The lowest BCUT2D eigenvalue weighted by atomic mass is 10.1. The Kier molecular flexibility index (Phi) is 4.90. The van der Waals surface area contributed by atoms with Gasteiger partial charge in [-0.1, -0.05) is 24.9 Å². The van der Waals surface area contributed by atoms with E-state index in [1.165, 1.54) is 11.6 Å².